The molecule has 0 saturated carbocycles. The fraction of sp³-hybridized carbons (Fsp3) is 0.304. The van der Waals surface area contributed by atoms with Gasteiger partial charge in [-0.05, 0) is 50.1 Å². The lowest BCUT2D eigenvalue weighted by Crippen LogP contribution is -2.30. The van der Waals surface area contributed by atoms with Crippen molar-refractivity contribution in [1.29, 1.82) is 0 Å². The van der Waals surface area contributed by atoms with E-state index in [-0.39, 0.29) is 24.0 Å². The first-order valence-electron chi connectivity index (χ1n) is 10.2. The van der Waals surface area contributed by atoms with Crippen molar-refractivity contribution in [3.8, 4) is 17.2 Å². The van der Waals surface area contributed by atoms with Gasteiger partial charge in [-0.15, -0.1) is 24.0 Å². The van der Waals surface area contributed by atoms with Gasteiger partial charge in [-0.25, -0.2) is 4.68 Å². The van der Waals surface area contributed by atoms with E-state index in [9.17, 15) is 0 Å². The fourth-order valence-corrected chi connectivity index (χ4v) is 2.97. The normalized spacial score (nSPS) is 10.9. The highest BCUT2D eigenvalue weighted by Crippen LogP contribution is 2.30. The minimum absolute atomic E-state index is 0. The van der Waals surface area contributed by atoms with Gasteiger partial charge in [0.2, 0.25) is 0 Å². The van der Waals surface area contributed by atoms with E-state index in [0.717, 1.165) is 41.6 Å². The maximum absolute atomic E-state index is 5.58. The number of aliphatic imine (C=N–C) groups is 1. The molecule has 0 amide bonds. The number of nitrogens with one attached hydrogen (secondary N) is 2. The molecule has 8 heteroatoms. The highest BCUT2D eigenvalue weighted by atomic mass is 127. The van der Waals surface area contributed by atoms with Crippen LogP contribution in [0.5, 0.6) is 11.5 Å². The topological polar surface area (TPSA) is 72.7 Å². The predicted molar refractivity (Wildman–Crippen MR) is 136 cm³/mol. The van der Waals surface area contributed by atoms with E-state index in [1.165, 1.54) is 0 Å². The second kappa shape index (κ2) is 12.8. The molecule has 3 aromatic rings. The summed E-state index contributed by atoms with van der Waals surface area (Å²) in [7, 11) is 1.64. The summed E-state index contributed by atoms with van der Waals surface area (Å²) in [5, 5.41) is 11.0. The van der Waals surface area contributed by atoms with Crippen molar-refractivity contribution in [3.05, 3.63) is 66.5 Å². The Morgan fingerprint density at radius 2 is 1.90 bits per heavy atom. The van der Waals surface area contributed by atoms with Crippen molar-refractivity contribution in [2.24, 2.45) is 4.99 Å². The van der Waals surface area contributed by atoms with Gasteiger partial charge in [0.05, 0.1) is 25.6 Å². The Labute approximate surface area is 200 Å². The number of hydrogen-bond donors (Lipinski definition) is 2. The molecule has 0 fully saturated rings. The highest BCUT2D eigenvalue weighted by Gasteiger charge is 2.07. The van der Waals surface area contributed by atoms with Crippen molar-refractivity contribution in [2.75, 3.05) is 32.1 Å². The molecule has 166 valence electrons. The second-order valence-corrected chi connectivity index (χ2v) is 6.56. The lowest BCUT2D eigenvalue weighted by molar-refractivity contribution is 0.311. The molecular formula is C23H30IN5O2. The van der Waals surface area contributed by atoms with Crippen molar-refractivity contribution < 1.29 is 9.47 Å². The molecule has 1 aromatic heterocycles. The van der Waals surface area contributed by atoms with Gasteiger partial charge in [0.15, 0.2) is 17.5 Å². The predicted octanol–water partition coefficient (Wildman–Crippen LogP) is 4.52. The number of hydrogen-bond acceptors (Lipinski definition) is 4. The maximum atomic E-state index is 5.58. The average Bonchev–Trinajstić information content (AvgIpc) is 3.24. The first-order chi connectivity index (χ1) is 14.7. The van der Waals surface area contributed by atoms with Crippen LogP contribution in [-0.2, 0) is 6.42 Å². The zero-order valence-corrected chi connectivity index (χ0v) is 20.5. The summed E-state index contributed by atoms with van der Waals surface area (Å²) < 4.78 is 12.9. The van der Waals surface area contributed by atoms with Gasteiger partial charge in [0.25, 0.3) is 0 Å². The summed E-state index contributed by atoms with van der Waals surface area (Å²) in [6, 6.07) is 15.8. The number of nitrogens with zero attached hydrogens (tertiary/aromatic N) is 3. The van der Waals surface area contributed by atoms with Gasteiger partial charge in [-0.3, -0.25) is 4.99 Å². The Bertz CT molecular complexity index is 960. The van der Waals surface area contributed by atoms with Gasteiger partial charge >= 0.3 is 0 Å². The average molecular weight is 535 g/mol. The SMILES string of the molecule is CCNC(=NCCc1cnn(-c2ccccc2)c1)Nc1ccc(OCC)c(OC)c1.I. The van der Waals surface area contributed by atoms with E-state index < -0.39 is 0 Å². The van der Waals surface area contributed by atoms with Gasteiger partial charge in [0.1, 0.15) is 0 Å². The summed E-state index contributed by atoms with van der Waals surface area (Å²) in [5.74, 6) is 2.13. The Balaban J connectivity index is 0.00000341. The van der Waals surface area contributed by atoms with Crippen LogP contribution in [0.3, 0.4) is 0 Å². The standard InChI is InChI=1S/C23H29N5O2.HI/c1-4-24-23(27-19-11-12-21(30-5-2)22(15-19)29-3)25-14-13-18-16-26-28(17-18)20-9-7-6-8-10-20;/h6-12,15-17H,4-5,13-14H2,1-3H3,(H2,24,25,27);1H. The van der Waals surface area contributed by atoms with Crippen molar-refractivity contribution >= 4 is 35.6 Å². The molecule has 0 spiro atoms. The molecule has 3 rings (SSSR count). The third kappa shape index (κ3) is 7.16. The number of halogens is 1. The van der Waals surface area contributed by atoms with E-state index in [2.05, 4.69) is 20.7 Å². The molecule has 1 heterocycles. The fourth-order valence-electron chi connectivity index (χ4n) is 2.97. The number of para-hydroxylation sites is 1. The summed E-state index contributed by atoms with van der Waals surface area (Å²) in [5.41, 5.74) is 3.07. The number of benzene rings is 2. The molecule has 0 aliphatic carbocycles. The summed E-state index contributed by atoms with van der Waals surface area (Å²) in [6.45, 7) is 6.00. The van der Waals surface area contributed by atoms with Crippen LogP contribution >= 0.6 is 24.0 Å². The van der Waals surface area contributed by atoms with Gasteiger partial charge < -0.3 is 20.1 Å². The van der Waals surface area contributed by atoms with Crippen LogP contribution in [0.2, 0.25) is 0 Å². The number of guanidine groups is 1. The number of rotatable bonds is 9. The molecule has 2 N–H and O–H groups in total. The lowest BCUT2D eigenvalue weighted by Gasteiger charge is -2.14. The van der Waals surface area contributed by atoms with Crippen LogP contribution in [0.4, 0.5) is 5.69 Å². The third-order valence-electron chi connectivity index (χ3n) is 4.40. The van der Waals surface area contributed by atoms with Crippen LogP contribution in [0.15, 0.2) is 65.9 Å². The second-order valence-electron chi connectivity index (χ2n) is 6.56. The molecule has 0 bridgehead atoms. The molecule has 0 aliphatic heterocycles. The van der Waals surface area contributed by atoms with Crippen LogP contribution in [-0.4, -0.2) is 42.5 Å². The Morgan fingerprint density at radius 1 is 1.10 bits per heavy atom. The highest BCUT2D eigenvalue weighted by molar-refractivity contribution is 14.0. The first-order valence-corrected chi connectivity index (χ1v) is 10.2. The largest absolute Gasteiger partial charge is 0.493 e. The summed E-state index contributed by atoms with van der Waals surface area (Å²) >= 11 is 0. The minimum Gasteiger partial charge on any atom is -0.493 e. The minimum atomic E-state index is 0. The Kier molecular flexibility index (Phi) is 10.2. The van der Waals surface area contributed by atoms with Gasteiger partial charge in [0, 0.05) is 31.0 Å². The van der Waals surface area contributed by atoms with Crippen LogP contribution in [0, 0.1) is 0 Å². The number of ether oxygens (including phenoxy) is 2. The van der Waals surface area contributed by atoms with Crippen LogP contribution in [0.25, 0.3) is 5.69 Å². The molecular weight excluding hydrogens is 505 g/mol. The monoisotopic (exact) mass is 535 g/mol. The molecule has 31 heavy (non-hydrogen) atoms. The molecule has 0 unspecified atom stereocenters. The van der Waals surface area contributed by atoms with Gasteiger partial charge in [-0.1, -0.05) is 18.2 Å². The Hall–Kier alpha value is -2.75. The first kappa shape index (κ1) is 24.5. The van der Waals surface area contributed by atoms with Gasteiger partial charge in [-0.2, -0.15) is 5.10 Å². The van der Waals surface area contributed by atoms with E-state index in [1.807, 2.05) is 79.5 Å². The smallest absolute Gasteiger partial charge is 0.195 e. The molecule has 0 saturated heterocycles. The quantitative estimate of drug-likeness (QED) is 0.240. The third-order valence-corrected chi connectivity index (χ3v) is 4.40. The van der Waals surface area contributed by atoms with Crippen LogP contribution < -0.4 is 20.1 Å². The summed E-state index contributed by atoms with van der Waals surface area (Å²) in [4.78, 5) is 4.69. The van der Waals surface area contributed by atoms with Crippen LogP contribution in [0.1, 0.15) is 19.4 Å². The van der Waals surface area contributed by atoms with Crippen molar-refractivity contribution in [2.45, 2.75) is 20.3 Å². The summed E-state index contributed by atoms with van der Waals surface area (Å²) in [6.07, 6.45) is 4.73. The number of aromatic nitrogens is 2. The number of methoxy groups -OCH3 is 1. The Morgan fingerprint density at radius 3 is 2.61 bits per heavy atom. The lowest BCUT2D eigenvalue weighted by atomic mass is 10.2. The zero-order chi connectivity index (χ0) is 21.2. The van der Waals surface area contributed by atoms with Crippen molar-refractivity contribution in [1.82, 2.24) is 15.1 Å². The molecule has 0 radical (unpaired) electrons. The molecule has 0 atom stereocenters. The molecule has 0 aliphatic rings. The van der Waals surface area contributed by atoms with E-state index in [0.29, 0.717) is 18.9 Å². The number of anilines is 1. The van der Waals surface area contributed by atoms with Crippen molar-refractivity contribution in [3.63, 3.8) is 0 Å². The zero-order valence-electron chi connectivity index (χ0n) is 18.2. The maximum Gasteiger partial charge on any atom is 0.195 e. The van der Waals surface area contributed by atoms with E-state index >= 15 is 0 Å². The molecule has 7 nitrogen and oxygen atoms in total. The van der Waals surface area contributed by atoms with E-state index in [4.69, 9.17) is 9.47 Å². The van der Waals surface area contributed by atoms with E-state index in [1.54, 1.807) is 7.11 Å². The molecule has 2 aromatic carbocycles.